The average molecular weight is 354 g/mol. The molecule has 21 heavy (non-hydrogen) atoms. The van der Waals surface area contributed by atoms with E-state index in [0.29, 0.717) is 6.04 Å². The summed E-state index contributed by atoms with van der Waals surface area (Å²) in [6.45, 7) is 9.98. The van der Waals surface area contributed by atoms with Crippen LogP contribution in [0.1, 0.15) is 25.8 Å². The first-order chi connectivity index (χ1) is 10.0. The zero-order chi connectivity index (χ0) is 15.4. The van der Waals surface area contributed by atoms with Gasteiger partial charge in [0.05, 0.1) is 0 Å². The molecule has 1 heterocycles. The van der Waals surface area contributed by atoms with Gasteiger partial charge in [-0.05, 0) is 44.0 Å². The Morgan fingerprint density at radius 3 is 2.57 bits per heavy atom. The monoisotopic (exact) mass is 353 g/mol. The summed E-state index contributed by atoms with van der Waals surface area (Å²) in [7, 11) is 0. The van der Waals surface area contributed by atoms with Crippen molar-refractivity contribution in [2.45, 2.75) is 33.2 Å². The van der Waals surface area contributed by atoms with Gasteiger partial charge in [0.2, 0.25) is 0 Å². The number of rotatable bonds is 3. The van der Waals surface area contributed by atoms with Gasteiger partial charge in [0.15, 0.2) is 0 Å². The average Bonchev–Trinajstić information content (AvgIpc) is 2.49. The van der Waals surface area contributed by atoms with Crippen molar-refractivity contribution in [1.82, 2.24) is 9.80 Å². The van der Waals surface area contributed by atoms with Crippen LogP contribution in [0.5, 0.6) is 0 Å². The maximum atomic E-state index is 12.3. The quantitative estimate of drug-likeness (QED) is 0.898. The van der Waals surface area contributed by atoms with Gasteiger partial charge in [-0.2, -0.15) is 0 Å². The molecule has 1 aromatic rings. The molecule has 1 aromatic carbocycles. The lowest BCUT2D eigenvalue weighted by molar-refractivity contribution is 0.117. The molecule has 4 nitrogen and oxygen atoms in total. The number of piperazine rings is 1. The summed E-state index contributed by atoms with van der Waals surface area (Å²) in [6.07, 6.45) is 1.16. The lowest BCUT2D eigenvalue weighted by Crippen LogP contribution is -2.52. The number of halogens is 1. The van der Waals surface area contributed by atoms with Gasteiger partial charge < -0.3 is 10.2 Å². The van der Waals surface area contributed by atoms with E-state index in [0.717, 1.165) is 48.3 Å². The SMILES string of the molecule is CCC(C)N1CCN(C(=O)Nc2ccc(Br)cc2C)CC1. The summed E-state index contributed by atoms with van der Waals surface area (Å²) >= 11 is 3.44. The van der Waals surface area contributed by atoms with E-state index in [1.807, 2.05) is 30.0 Å². The summed E-state index contributed by atoms with van der Waals surface area (Å²) in [5.41, 5.74) is 1.95. The van der Waals surface area contributed by atoms with Gasteiger partial charge in [0.25, 0.3) is 0 Å². The van der Waals surface area contributed by atoms with Crippen molar-refractivity contribution >= 4 is 27.6 Å². The Kier molecular flexibility index (Phi) is 5.65. The Morgan fingerprint density at radius 1 is 1.33 bits per heavy atom. The Balaban J connectivity index is 1.90. The Morgan fingerprint density at radius 2 is 2.00 bits per heavy atom. The van der Waals surface area contributed by atoms with E-state index in [1.54, 1.807) is 0 Å². The van der Waals surface area contributed by atoms with Crippen molar-refractivity contribution < 1.29 is 4.79 Å². The van der Waals surface area contributed by atoms with Crippen LogP contribution in [0.3, 0.4) is 0 Å². The smallest absolute Gasteiger partial charge is 0.321 e. The van der Waals surface area contributed by atoms with Crippen molar-refractivity contribution in [2.24, 2.45) is 0 Å². The number of hydrogen-bond donors (Lipinski definition) is 1. The number of carbonyl (C=O) groups is 1. The first-order valence-corrected chi connectivity index (χ1v) is 8.36. The number of benzene rings is 1. The second-order valence-electron chi connectivity index (χ2n) is 5.67. The number of aryl methyl sites for hydroxylation is 1. The second-order valence-corrected chi connectivity index (χ2v) is 6.59. The normalized spacial score (nSPS) is 17.6. The molecule has 1 N–H and O–H groups in total. The molecule has 1 aliphatic rings. The summed E-state index contributed by atoms with van der Waals surface area (Å²) < 4.78 is 1.03. The molecule has 0 saturated carbocycles. The van der Waals surface area contributed by atoms with E-state index in [9.17, 15) is 4.79 Å². The number of carbonyl (C=O) groups excluding carboxylic acids is 1. The van der Waals surface area contributed by atoms with Crippen molar-refractivity contribution in [1.29, 1.82) is 0 Å². The van der Waals surface area contributed by atoms with Gasteiger partial charge in [0.1, 0.15) is 0 Å². The molecule has 0 radical (unpaired) electrons. The highest BCUT2D eigenvalue weighted by Gasteiger charge is 2.23. The third kappa shape index (κ3) is 4.20. The molecule has 0 aromatic heterocycles. The highest BCUT2D eigenvalue weighted by molar-refractivity contribution is 9.10. The summed E-state index contributed by atoms with van der Waals surface area (Å²) in [4.78, 5) is 16.7. The van der Waals surface area contributed by atoms with E-state index < -0.39 is 0 Å². The third-order valence-corrected chi connectivity index (χ3v) is 4.74. The lowest BCUT2D eigenvalue weighted by atomic mass is 10.2. The summed E-state index contributed by atoms with van der Waals surface area (Å²) in [5, 5.41) is 3.01. The standard InChI is InChI=1S/C16H24BrN3O/c1-4-13(3)19-7-9-20(10-8-19)16(21)18-15-6-5-14(17)11-12(15)2/h5-6,11,13H,4,7-10H2,1-3H3,(H,18,21). The van der Waals surface area contributed by atoms with Crippen LogP contribution in [0.25, 0.3) is 0 Å². The minimum atomic E-state index is 0.00391. The fraction of sp³-hybridized carbons (Fsp3) is 0.562. The van der Waals surface area contributed by atoms with Crippen LogP contribution in [0.15, 0.2) is 22.7 Å². The fourth-order valence-electron chi connectivity index (χ4n) is 2.59. The molecule has 116 valence electrons. The molecule has 0 spiro atoms. The van der Waals surface area contributed by atoms with Gasteiger partial charge in [-0.25, -0.2) is 4.79 Å². The topological polar surface area (TPSA) is 35.6 Å². The van der Waals surface area contributed by atoms with Gasteiger partial charge >= 0.3 is 6.03 Å². The second kappa shape index (κ2) is 7.27. The third-order valence-electron chi connectivity index (χ3n) is 4.25. The van der Waals surface area contributed by atoms with Crippen molar-refractivity contribution in [3.05, 3.63) is 28.2 Å². The number of amides is 2. The Labute approximate surface area is 135 Å². The molecule has 0 aliphatic carbocycles. The molecule has 2 rings (SSSR count). The van der Waals surface area contributed by atoms with E-state index in [4.69, 9.17) is 0 Å². The number of nitrogens with one attached hydrogen (secondary N) is 1. The van der Waals surface area contributed by atoms with E-state index in [-0.39, 0.29) is 6.03 Å². The minimum Gasteiger partial charge on any atom is -0.322 e. The van der Waals surface area contributed by atoms with Crippen molar-refractivity contribution in [2.75, 3.05) is 31.5 Å². The molecule has 1 saturated heterocycles. The molecule has 5 heteroatoms. The fourth-order valence-corrected chi connectivity index (χ4v) is 3.06. The first-order valence-electron chi connectivity index (χ1n) is 7.57. The number of nitrogens with zero attached hydrogens (tertiary/aromatic N) is 2. The molecule has 0 bridgehead atoms. The highest BCUT2D eigenvalue weighted by Crippen LogP contribution is 2.20. The Bertz CT molecular complexity index is 498. The zero-order valence-corrected chi connectivity index (χ0v) is 14.6. The molecule has 1 fully saturated rings. The van der Waals surface area contributed by atoms with Crippen LogP contribution in [-0.2, 0) is 0 Å². The summed E-state index contributed by atoms with van der Waals surface area (Å²) in [6, 6.07) is 6.50. The van der Waals surface area contributed by atoms with Crippen LogP contribution in [-0.4, -0.2) is 48.1 Å². The molecule has 1 atom stereocenters. The van der Waals surface area contributed by atoms with Crippen LogP contribution >= 0.6 is 15.9 Å². The number of urea groups is 1. The summed E-state index contributed by atoms with van der Waals surface area (Å²) in [5.74, 6) is 0. The molecule has 2 amide bonds. The van der Waals surface area contributed by atoms with Crippen LogP contribution in [0.2, 0.25) is 0 Å². The van der Waals surface area contributed by atoms with Gasteiger partial charge in [-0.3, -0.25) is 4.90 Å². The molecular weight excluding hydrogens is 330 g/mol. The van der Waals surface area contributed by atoms with Crippen LogP contribution < -0.4 is 5.32 Å². The predicted molar refractivity (Wildman–Crippen MR) is 90.8 cm³/mol. The van der Waals surface area contributed by atoms with Gasteiger partial charge in [0, 0.05) is 42.4 Å². The minimum absolute atomic E-state index is 0.00391. The lowest BCUT2D eigenvalue weighted by Gasteiger charge is -2.37. The van der Waals surface area contributed by atoms with E-state index in [2.05, 4.69) is 40.0 Å². The zero-order valence-electron chi connectivity index (χ0n) is 13.0. The highest BCUT2D eigenvalue weighted by atomic mass is 79.9. The first kappa shape index (κ1) is 16.3. The van der Waals surface area contributed by atoms with E-state index in [1.165, 1.54) is 0 Å². The van der Waals surface area contributed by atoms with Crippen LogP contribution in [0.4, 0.5) is 10.5 Å². The Hall–Kier alpha value is -1.07. The largest absolute Gasteiger partial charge is 0.322 e. The van der Waals surface area contributed by atoms with Crippen molar-refractivity contribution in [3.8, 4) is 0 Å². The number of anilines is 1. The van der Waals surface area contributed by atoms with Crippen molar-refractivity contribution in [3.63, 3.8) is 0 Å². The maximum Gasteiger partial charge on any atom is 0.321 e. The number of hydrogen-bond acceptors (Lipinski definition) is 2. The molecular formula is C16H24BrN3O. The predicted octanol–water partition coefficient (Wildman–Crippen LogP) is 3.71. The molecule has 1 aliphatic heterocycles. The maximum absolute atomic E-state index is 12.3. The van der Waals surface area contributed by atoms with Gasteiger partial charge in [-0.15, -0.1) is 0 Å². The van der Waals surface area contributed by atoms with E-state index >= 15 is 0 Å². The van der Waals surface area contributed by atoms with Crippen LogP contribution in [0, 0.1) is 6.92 Å². The molecule has 1 unspecified atom stereocenters. The van der Waals surface area contributed by atoms with Gasteiger partial charge in [-0.1, -0.05) is 22.9 Å².